The summed E-state index contributed by atoms with van der Waals surface area (Å²) in [5, 5.41) is 3.16. The van der Waals surface area contributed by atoms with Gasteiger partial charge in [-0.2, -0.15) is 0 Å². The van der Waals surface area contributed by atoms with Crippen molar-refractivity contribution in [3.63, 3.8) is 0 Å². The zero-order valence-electron chi connectivity index (χ0n) is 11.5. The maximum absolute atomic E-state index is 4.35. The molecule has 0 bridgehead atoms. The van der Waals surface area contributed by atoms with Crippen LogP contribution in [-0.4, -0.2) is 23.6 Å². The monoisotopic (exact) mass is 322 g/mol. The zero-order valence-corrected chi connectivity index (χ0v) is 13.1. The highest BCUT2D eigenvalue weighted by molar-refractivity contribution is 9.10. The van der Waals surface area contributed by atoms with Gasteiger partial charge in [-0.25, -0.2) is 4.98 Å². The van der Waals surface area contributed by atoms with Crippen molar-refractivity contribution in [3.05, 3.63) is 46.5 Å². The van der Waals surface area contributed by atoms with E-state index < -0.39 is 0 Å². The zero-order chi connectivity index (χ0) is 13.8. The molecule has 19 heavy (non-hydrogen) atoms. The fourth-order valence-corrected chi connectivity index (χ4v) is 2.47. The summed E-state index contributed by atoms with van der Waals surface area (Å²) < 4.78 is 3.17. The van der Waals surface area contributed by atoms with Crippen molar-refractivity contribution in [3.8, 4) is 0 Å². The lowest BCUT2D eigenvalue weighted by Crippen LogP contribution is -2.19. The molecule has 102 valence electrons. The first kappa shape index (κ1) is 14.1. The first-order chi connectivity index (χ1) is 9.11. The van der Waals surface area contributed by atoms with Crippen LogP contribution in [0, 0.1) is 0 Å². The third-order valence-electron chi connectivity index (χ3n) is 3.14. The number of nitrogens with zero attached hydrogens (tertiary/aromatic N) is 3. The molecule has 0 aliphatic carbocycles. The molecule has 0 spiro atoms. The van der Waals surface area contributed by atoms with E-state index in [4.69, 9.17) is 0 Å². The van der Waals surface area contributed by atoms with Gasteiger partial charge in [-0.1, -0.05) is 22.0 Å². The maximum atomic E-state index is 4.35. The first-order valence-corrected chi connectivity index (χ1v) is 7.01. The molecule has 0 fully saturated rings. The molecule has 0 radical (unpaired) electrons. The van der Waals surface area contributed by atoms with Crippen LogP contribution in [0.3, 0.4) is 0 Å². The van der Waals surface area contributed by atoms with Gasteiger partial charge in [-0.05, 0) is 24.7 Å². The van der Waals surface area contributed by atoms with Crippen LogP contribution in [0.4, 0.5) is 5.69 Å². The van der Waals surface area contributed by atoms with Crippen LogP contribution in [0.25, 0.3) is 0 Å². The molecule has 2 rings (SSSR count). The van der Waals surface area contributed by atoms with Gasteiger partial charge in [-0.15, -0.1) is 0 Å². The topological polar surface area (TPSA) is 33.1 Å². The van der Waals surface area contributed by atoms with Crippen LogP contribution in [0.2, 0.25) is 0 Å². The Morgan fingerprint density at radius 2 is 2.21 bits per heavy atom. The molecule has 1 N–H and O–H groups in total. The van der Waals surface area contributed by atoms with E-state index in [0.717, 1.165) is 23.4 Å². The van der Waals surface area contributed by atoms with Gasteiger partial charge in [0.2, 0.25) is 0 Å². The van der Waals surface area contributed by atoms with E-state index in [-0.39, 0.29) is 0 Å². The predicted molar refractivity (Wildman–Crippen MR) is 82.2 cm³/mol. The van der Waals surface area contributed by atoms with Crippen molar-refractivity contribution in [1.29, 1.82) is 0 Å². The Morgan fingerprint density at radius 3 is 2.79 bits per heavy atom. The summed E-state index contributed by atoms with van der Waals surface area (Å²) in [6, 6.07) is 6.43. The minimum absolute atomic E-state index is 0.793. The summed E-state index contributed by atoms with van der Waals surface area (Å²) in [7, 11) is 6.05. The highest BCUT2D eigenvalue weighted by Gasteiger charge is 2.07. The van der Waals surface area contributed by atoms with Crippen LogP contribution in [0.1, 0.15) is 11.4 Å². The van der Waals surface area contributed by atoms with Crippen molar-refractivity contribution in [2.45, 2.75) is 13.1 Å². The summed E-state index contributed by atoms with van der Waals surface area (Å²) >= 11 is 3.62. The van der Waals surface area contributed by atoms with E-state index in [1.807, 2.05) is 31.1 Å². The molecule has 0 unspecified atom stereocenters. The number of nitrogens with one attached hydrogen (secondary N) is 1. The van der Waals surface area contributed by atoms with Gasteiger partial charge < -0.3 is 14.8 Å². The highest BCUT2D eigenvalue weighted by Crippen LogP contribution is 2.24. The fraction of sp³-hybridized carbons (Fsp3) is 0.357. The smallest absolute Gasteiger partial charge is 0.127 e. The molecule has 1 heterocycles. The molecule has 5 heteroatoms. The molecule has 0 saturated heterocycles. The third kappa shape index (κ3) is 3.36. The van der Waals surface area contributed by atoms with Crippen LogP contribution in [-0.2, 0) is 20.1 Å². The SMILES string of the molecule is CNCc1ccc(N(C)Cc2nccn2C)cc1Br. The Balaban J connectivity index is 2.13. The number of halogens is 1. The van der Waals surface area contributed by atoms with Crippen molar-refractivity contribution in [2.75, 3.05) is 19.0 Å². The Hall–Kier alpha value is -1.33. The molecule has 0 saturated carbocycles. The standard InChI is InChI=1S/C14H19BrN4/c1-16-9-11-4-5-12(8-13(11)15)19(3)10-14-17-6-7-18(14)2/h4-8,16H,9-10H2,1-3H3. The van der Waals surface area contributed by atoms with Gasteiger partial charge in [0.25, 0.3) is 0 Å². The molecular formula is C14H19BrN4. The second-order valence-electron chi connectivity index (χ2n) is 4.62. The molecule has 0 aliphatic heterocycles. The second-order valence-corrected chi connectivity index (χ2v) is 5.47. The van der Waals surface area contributed by atoms with E-state index in [9.17, 15) is 0 Å². The van der Waals surface area contributed by atoms with Crippen LogP contribution < -0.4 is 10.2 Å². The van der Waals surface area contributed by atoms with Crippen molar-refractivity contribution in [1.82, 2.24) is 14.9 Å². The molecule has 1 aromatic carbocycles. The van der Waals surface area contributed by atoms with E-state index in [1.165, 1.54) is 11.3 Å². The minimum Gasteiger partial charge on any atom is -0.367 e. The number of aryl methyl sites for hydroxylation is 1. The highest BCUT2D eigenvalue weighted by atomic mass is 79.9. The van der Waals surface area contributed by atoms with Gasteiger partial charge in [0.1, 0.15) is 5.82 Å². The Morgan fingerprint density at radius 1 is 1.42 bits per heavy atom. The molecule has 0 amide bonds. The Labute approximate surface area is 122 Å². The average molecular weight is 323 g/mol. The van der Waals surface area contributed by atoms with E-state index in [0.29, 0.717) is 0 Å². The largest absolute Gasteiger partial charge is 0.367 e. The van der Waals surface area contributed by atoms with Gasteiger partial charge in [-0.3, -0.25) is 0 Å². The second kappa shape index (κ2) is 6.21. The summed E-state index contributed by atoms with van der Waals surface area (Å²) in [6.07, 6.45) is 3.80. The normalized spacial score (nSPS) is 10.7. The minimum atomic E-state index is 0.793. The fourth-order valence-electron chi connectivity index (χ4n) is 1.96. The lowest BCUT2D eigenvalue weighted by molar-refractivity contribution is 0.761. The first-order valence-electron chi connectivity index (χ1n) is 6.22. The number of hydrogen-bond donors (Lipinski definition) is 1. The van der Waals surface area contributed by atoms with Crippen molar-refractivity contribution < 1.29 is 0 Å². The molecular weight excluding hydrogens is 304 g/mol. The molecule has 4 nitrogen and oxygen atoms in total. The van der Waals surface area contributed by atoms with Crippen LogP contribution >= 0.6 is 15.9 Å². The summed E-state index contributed by atoms with van der Waals surface area (Å²) in [6.45, 7) is 1.66. The maximum Gasteiger partial charge on any atom is 0.127 e. The lowest BCUT2D eigenvalue weighted by Gasteiger charge is -2.20. The quantitative estimate of drug-likeness (QED) is 0.918. The number of aromatic nitrogens is 2. The van der Waals surface area contributed by atoms with E-state index in [2.05, 4.69) is 56.4 Å². The number of benzene rings is 1. The van der Waals surface area contributed by atoms with E-state index >= 15 is 0 Å². The molecule has 0 atom stereocenters. The number of rotatable bonds is 5. The van der Waals surface area contributed by atoms with Crippen LogP contribution in [0.15, 0.2) is 35.1 Å². The summed E-state index contributed by atoms with van der Waals surface area (Å²) in [5.41, 5.74) is 2.44. The van der Waals surface area contributed by atoms with Gasteiger partial charge >= 0.3 is 0 Å². The van der Waals surface area contributed by atoms with Gasteiger partial charge in [0.05, 0.1) is 6.54 Å². The number of anilines is 1. The summed E-state index contributed by atoms with van der Waals surface area (Å²) in [5.74, 6) is 1.05. The molecule has 0 aliphatic rings. The number of imidazole rings is 1. The van der Waals surface area contributed by atoms with Gasteiger partial charge in [0.15, 0.2) is 0 Å². The van der Waals surface area contributed by atoms with Crippen molar-refractivity contribution in [2.24, 2.45) is 7.05 Å². The lowest BCUT2D eigenvalue weighted by atomic mass is 10.2. The third-order valence-corrected chi connectivity index (χ3v) is 3.88. The summed E-state index contributed by atoms with van der Waals surface area (Å²) in [4.78, 5) is 6.54. The Kier molecular flexibility index (Phi) is 4.61. The van der Waals surface area contributed by atoms with Crippen LogP contribution in [0.5, 0.6) is 0 Å². The average Bonchev–Trinajstić information content (AvgIpc) is 2.78. The van der Waals surface area contributed by atoms with Crippen molar-refractivity contribution >= 4 is 21.6 Å². The Bertz CT molecular complexity index is 550. The predicted octanol–water partition coefficient (Wildman–Crippen LogP) is 2.54. The van der Waals surface area contributed by atoms with Gasteiger partial charge in [0, 0.05) is 43.2 Å². The molecule has 1 aromatic heterocycles. The molecule has 2 aromatic rings. The van der Waals surface area contributed by atoms with E-state index in [1.54, 1.807) is 0 Å². The number of hydrogen-bond acceptors (Lipinski definition) is 3.